The van der Waals surface area contributed by atoms with Crippen molar-refractivity contribution in [2.75, 3.05) is 6.54 Å². The third kappa shape index (κ3) is 3.48. The van der Waals surface area contributed by atoms with Gasteiger partial charge in [-0.15, -0.1) is 22.7 Å². The molecule has 2 aromatic heterocycles. The van der Waals surface area contributed by atoms with Gasteiger partial charge in [-0.05, 0) is 47.2 Å². The van der Waals surface area contributed by atoms with E-state index in [-0.39, 0.29) is 12.1 Å². The highest BCUT2D eigenvalue weighted by Crippen LogP contribution is 2.25. The van der Waals surface area contributed by atoms with Crippen LogP contribution in [0.3, 0.4) is 0 Å². The molecular formula is C17H18N2OS2. The van der Waals surface area contributed by atoms with Crippen molar-refractivity contribution >= 4 is 38.8 Å². The Hall–Kier alpha value is -1.85. The summed E-state index contributed by atoms with van der Waals surface area (Å²) >= 11 is 3.41. The molecule has 0 saturated heterocycles. The summed E-state index contributed by atoms with van der Waals surface area (Å²) in [7, 11) is 0. The topological polar surface area (TPSA) is 41.1 Å². The van der Waals surface area contributed by atoms with Crippen molar-refractivity contribution in [2.45, 2.75) is 19.4 Å². The lowest BCUT2D eigenvalue weighted by Gasteiger charge is -2.13. The molecule has 3 rings (SSSR count). The van der Waals surface area contributed by atoms with Crippen LogP contribution in [0.5, 0.6) is 0 Å². The Bertz CT molecular complexity index is 749. The standard InChI is InChI=1S/C17H18N2OS2/c1-12(15-7-4-10-21-15)19-17(20)18-9-8-13-11-22-16-6-3-2-5-14(13)16/h2-7,10-12H,8-9H2,1H3,(H2,18,19,20). The number of hydrogen-bond donors (Lipinski definition) is 2. The van der Waals surface area contributed by atoms with Gasteiger partial charge >= 0.3 is 6.03 Å². The van der Waals surface area contributed by atoms with E-state index >= 15 is 0 Å². The van der Waals surface area contributed by atoms with E-state index in [0.29, 0.717) is 6.54 Å². The summed E-state index contributed by atoms with van der Waals surface area (Å²) in [5, 5.41) is 11.4. The Kier molecular flexibility index (Phi) is 4.75. The molecule has 22 heavy (non-hydrogen) atoms. The van der Waals surface area contributed by atoms with E-state index in [4.69, 9.17) is 0 Å². The van der Waals surface area contributed by atoms with Gasteiger partial charge in [-0.3, -0.25) is 0 Å². The Morgan fingerprint density at radius 1 is 1.18 bits per heavy atom. The van der Waals surface area contributed by atoms with Gasteiger partial charge in [0.25, 0.3) is 0 Å². The zero-order valence-corrected chi connectivity index (χ0v) is 14.0. The van der Waals surface area contributed by atoms with Crippen molar-refractivity contribution in [3.05, 3.63) is 57.6 Å². The zero-order chi connectivity index (χ0) is 15.4. The average molecular weight is 330 g/mol. The van der Waals surface area contributed by atoms with Crippen LogP contribution in [0.25, 0.3) is 10.1 Å². The summed E-state index contributed by atoms with van der Waals surface area (Å²) in [6.45, 7) is 2.64. The van der Waals surface area contributed by atoms with Crippen LogP contribution in [0.1, 0.15) is 23.4 Å². The minimum absolute atomic E-state index is 0.0435. The predicted molar refractivity (Wildman–Crippen MR) is 94.8 cm³/mol. The number of fused-ring (bicyclic) bond motifs is 1. The molecule has 2 amide bonds. The number of carbonyl (C=O) groups is 1. The van der Waals surface area contributed by atoms with Crippen LogP contribution in [0, 0.1) is 0 Å². The third-order valence-corrected chi connectivity index (χ3v) is 5.63. The van der Waals surface area contributed by atoms with Crippen LogP contribution in [0.4, 0.5) is 4.79 Å². The van der Waals surface area contributed by atoms with Crippen molar-refractivity contribution in [1.29, 1.82) is 0 Å². The Morgan fingerprint density at radius 2 is 2.05 bits per heavy atom. The second-order valence-electron chi connectivity index (χ2n) is 5.14. The zero-order valence-electron chi connectivity index (χ0n) is 12.3. The van der Waals surface area contributed by atoms with E-state index in [9.17, 15) is 4.79 Å². The van der Waals surface area contributed by atoms with Crippen molar-refractivity contribution in [2.24, 2.45) is 0 Å². The molecule has 1 atom stereocenters. The van der Waals surface area contributed by atoms with Crippen molar-refractivity contribution in [3.8, 4) is 0 Å². The quantitative estimate of drug-likeness (QED) is 0.707. The molecule has 3 aromatic rings. The molecule has 0 radical (unpaired) electrons. The maximum atomic E-state index is 11.9. The lowest BCUT2D eigenvalue weighted by Crippen LogP contribution is -2.37. The molecule has 0 aliphatic carbocycles. The molecule has 2 heterocycles. The van der Waals surface area contributed by atoms with Gasteiger partial charge in [-0.2, -0.15) is 0 Å². The van der Waals surface area contributed by atoms with Gasteiger partial charge < -0.3 is 10.6 Å². The van der Waals surface area contributed by atoms with Crippen LogP contribution < -0.4 is 10.6 Å². The Labute approximate surface area is 138 Å². The maximum absolute atomic E-state index is 11.9. The summed E-state index contributed by atoms with van der Waals surface area (Å²) in [6, 6.07) is 12.3. The number of rotatable bonds is 5. The van der Waals surface area contributed by atoms with Crippen LogP contribution in [-0.4, -0.2) is 12.6 Å². The lowest BCUT2D eigenvalue weighted by molar-refractivity contribution is 0.238. The maximum Gasteiger partial charge on any atom is 0.315 e. The summed E-state index contributed by atoms with van der Waals surface area (Å²) in [6.07, 6.45) is 0.852. The number of thiophene rings is 2. The van der Waals surface area contributed by atoms with Crippen molar-refractivity contribution in [3.63, 3.8) is 0 Å². The van der Waals surface area contributed by atoms with Crippen LogP contribution in [-0.2, 0) is 6.42 Å². The van der Waals surface area contributed by atoms with E-state index in [2.05, 4.69) is 40.3 Å². The van der Waals surface area contributed by atoms with Gasteiger partial charge in [-0.25, -0.2) is 4.79 Å². The van der Waals surface area contributed by atoms with E-state index in [0.717, 1.165) is 6.42 Å². The molecule has 0 fully saturated rings. The smallest absolute Gasteiger partial charge is 0.315 e. The van der Waals surface area contributed by atoms with Gasteiger partial charge in [-0.1, -0.05) is 24.3 Å². The Morgan fingerprint density at radius 3 is 2.86 bits per heavy atom. The fourth-order valence-corrected chi connectivity index (χ4v) is 4.13. The minimum atomic E-state index is -0.111. The van der Waals surface area contributed by atoms with Gasteiger partial charge in [0.2, 0.25) is 0 Å². The van der Waals surface area contributed by atoms with Crippen LogP contribution in [0.15, 0.2) is 47.2 Å². The first-order chi connectivity index (χ1) is 10.7. The van der Waals surface area contributed by atoms with Crippen LogP contribution in [0.2, 0.25) is 0 Å². The van der Waals surface area contributed by atoms with Crippen molar-refractivity contribution in [1.82, 2.24) is 10.6 Å². The minimum Gasteiger partial charge on any atom is -0.338 e. The molecule has 0 saturated carbocycles. The molecule has 1 aromatic carbocycles. The first-order valence-corrected chi connectivity index (χ1v) is 9.03. The number of nitrogens with one attached hydrogen (secondary N) is 2. The largest absolute Gasteiger partial charge is 0.338 e. The Balaban J connectivity index is 1.49. The van der Waals surface area contributed by atoms with E-state index in [1.165, 1.54) is 20.5 Å². The monoisotopic (exact) mass is 330 g/mol. The summed E-state index contributed by atoms with van der Waals surface area (Å²) in [5.41, 5.74) is 1.30. The molecule has 5 heteroatoms. The molecule has 3 nitrogen and oxygen atoms in total. The van der Waals surface area contributed by atoms with E-state index in [1.807, 2.05) is 24.4 Å². The molecule has 0 aliphatic heterocycles. The number of benzene rings is 1. The predicted octanol–water partition coefficient (Wildman–Crippen LogP) is 4.57. The fraction of sp³-hybridized carbons (Fsp3) is 0.235. The summed E-state index contributed by atoms with van der Waals surface area (Å²) in [5.74, 6) is 0. The normalized spacial score (nSPS) is 12.2. The second kappa shape index (κ2) is 6.94. The highest BCUT2D eigenvalue weighted by molar-refractivity contribution is 7.17. The van der Waals surface area contributed by atoms with Gasteiger partial charge in [0.1, 0.15) is 0 Å². The van der Waals surface area contributed by atoms with Gasteiger partial charge in [0.05, 0.1) is 6.04 Å². The fourth-order valence-electron chi connectivity index (χ4n) is 2.39. The average Bonchev–Trinajstić information content (AvgIpc) is 3.17. The van der Waals surface area contributed by atoms with Crippen LogP contribution >= 0.6 is 22.7 Å². The molecule has 0 spiro atoms. The molecular weight excluding hydrogens is 312 g/mol. The first-order valence-electron chi connectivity index (χ1n) is 7.27. The number of hydrogen-bond acceptors (Lipinski definition) is 3. The van der Waals surface area contributed by atoms with E-state index < -0.39 is 0 Å². The van der Waals surface area contributed by atoms with Crippen molar-refractivity contribution < 1.29 is 4.79 Å². The molecule has 1 unspecified atom stereocenters. The number of amides is 2. The SMILES string of the molecule is CC(NC(=O)NCCc1csc2ccccc12)c1cccs1. The highest BCUT2D eigenvalue weighted by atomic mass is 32.1. The van der Waals surface area contributed by atoms with Gasteiger partial charge in [0, 0.05) is 16.1 Å². The molecule has 0 bridgehead atoms. The highest BCUT2D eigenvalue weighted by Gasteiger charge is 2.10. The van der Waals surface area contributed by atoms with E-state index in [1.54, 1.807) is 22.7 Å². The molecule has 114 valence electrons. The molecule has 0 aliphatic rings. The second-order valence-corrected chi connectivity index (χ2v) is 7.03. The molecule has 2 N–H and O–H groups in total. The third-order valence-electron chi connectivity index (χ3n) is 3.56. The lowest BCUT2D eigenvalue weighted by atomic mass is 10.1. The van der Waals surface area contributed by atoms with Gasteiger partial charge in [0.15, 0.2) is 0 Å². The number of urea groups is 1. The summed E-state index contributed by atoms with van der Waals surface area (Å²) in [4.78, 5) is 13.1. The first kappa shape index (κ1) is 15.1. The summed E-state index contributed by atoms with van der Waals surface area (Å²) < 4.78 is 1.30. The number of carbonyl (C=O) groups excluding carboxylic acids is 1.